The number of rotatable bonds is 4. The fraction of sp³-hybridized carbons (Fsp3) is 0.0714. The number of nitrogens with zero attached hydrogens (tertiary/aromatic N) is 1. The third kappa shape index (κ3) is 3.49. The van der Waals surface area contributed by atoms with E-state index in [0.29, 0.717) is 5.75 Å². The van der Waals surface area contributed by atoms with E-state index in [1.807, 2.05) is 0 Å². The zero-order chi connectivity index (χ0) is 15.4. The highest BCUT2D eigenvalue weighted by Crippen LogP contribution is 2.30. The highest BCUT2D eigenvalue weighted by molar-refractivity contribution is 6.32. The Balaban J connectivity index is 2.26. The zero-order valence-corrected chi connectivity index (χ0v) is 11.7. The first-order valence-electron chi connectivity index (χ1n) is 5.90. The van der Waals surface area contributed by atoms with Crippen molar-refractivity contribution < 1.29 is 19.4 Å². The molecule has 1 heterocycles. The number of aromatic nitrogens is 1. The molecule has 0 saturated carbocycles. The van der Waals surface area contributed by atoms with Crippen molar-refractivity contribution in [2.75, 3.05) is 7.05 Å². The minimum absolute atomic E-state index is 0.0631. The van der Waals surface area contributed by atoms with E-state index in [1.165, 1.54) is 37.5 Å². The number of carbonyl (C=O) groups excluding carboxylic acids is 1. The van der Waals surface area contributed by atoms with Gasteiger partial charge in [-0.15, -0.1) is 0 Å². The molecule has 0 bridgehead atoms. The zero-order valence-electron chi connectivity index (χ0n) is 11.0. The third-order valence-corrected chi connectivity index (χ3v) is 2.89. The molecule has 6 nitrogen and oxygen atoms in total. The van der Waals surface area contributed by atoms with Crippen molar-refractivity contribution >= 4 is 23.5 Å². The maximum atomic E-state index is 11.5. The van der Waals surface area contributed by atoms with Gasteiger partial charge in [0.1, 0.15) is 17.2 Å². The van der Waals surface area contributed by atoms with Crippen LogP contribution in [0.15, 0.2) is 36.5 Å². The first kappa shape index (κ1) is 14.8. The van der Waals surface area contributed by atoms with Gasteiger partial charge in [0.05, 0.1) is 10.6 Å². The molecular weight excluding hydrogens is 296 g/mol. The summed E-state index contributed by atoms with van der Waals surface area (Å²) in [4.78, 5) is 26.2. The Kier molecular flexibility index (Phi) is 4.39. The molecule has 0 spiro atoms. The summed E-state index contributed by atoms with van der Waals surface area (Å²) in [6.07, 6.45) is 1.43. The van der Waals surface area contributed by atoms with Crippen LogP contribution in [0.5, 0.6) is 11.5 Å². The van der Waals surface area contributed by atoms with Gasteiger partial charge in [0.2, 0.25) is 0 Å². The average molecular weight is 307 g/mol. The van der Waals surface area contributed by atoms with Crippen LogP contribution in [0.3, 0.4) is 0 Å². The number of carboxylic acids is 1. The van der Waals surface area contributed by atoms with E-state index in [4.69, 9.17) is 21.4 Å². The lowest BCUT2D eigenvalue weighted by Gasteiger charge is -2.09. The molecule has 1 aromatic carbocycles. The molecule has 1 aromatic heterocycles. The molecule has 108 valence electrons. The molecule has 0 fully saturated rings. The highest BCUT2D eigenvalue weighted by Gasteiger charge is 2.10. The van der Waals surface area contributed by atoms with Crippen LogP contribution in [0.2, 0.25) is 5.02 Å². The quantitative estimate of drug-likeness (QED) is 0.906. The summed E-state index contributed by atoms with van der Waals surface area (Å²) in [6, 6.07) is 7.14. The van der Waals surface area contributed by atoms with E-state index in [1.54, 1.807) is 6.07 Å². The number of nitrogens with one attached hydrogen (secondary N) is 1. The van der Waals surface area contributed by atoms with Gasteiger partial charge in [0.25, 0.3) is 5.91 Å². The standard InChI is InChI=1S/C14H11ClN2O4/c1-16-13(18)11-7-9(4-5-17-11)21-12-3-2-8(14(19)20)6-10(12)15/h2-7H,1H3,(H,16,18)(H,19,20). The SMILES string of the molecule is CNC(=O)c1cc(Oc2ccc(C(=O)O)cc2Cl)ccn1. The summed E-state index contributed by atoms with van der Waals surface area (Å²) in [6.45, 7) is 0. The number of benzene rings is 1. The highest BCUT2D eigenvalue weighted by atomic mass is 35.5. The number of ether oxygens (including phenoxy) is 1. The van der Waals surface area contributed by atoms with Gasteiger partial charge in [-0.05, 0) is 24.3 Å². The van der Waals surface area contributed by atoms with Crippen molar-refractivity contribution in [3.63, 3.8) is 0 Å². The van der Waals surface area contributed by atoms with Crippen molar-refractivity contribution in [1.82, 2.24) is 10.3 Å². The lowest BCUT2D eigenvalue weighted by Crippen LogP contribution is -2.18. The second-order valence-corrected chi connectivity index (χ2v) is 4.42. The molecule has 2 N–H and O–H groups in total. The van der Waals surface area contributed by atoms with Crippen LogP contribution < -0.4 is 10.1 Å². The number of carboxylic acid groups (broad SMARTS) is 1. The van der Waals surface area contributed by atoms with E-state index in [-0.39, 0.29) is 27.9 Å². The number of hydrogen-bond donors (Lipinski definition) is 2. The number of carbonyl (C=O) groups is 2. The molecule has 21 heavy (non-hydrogen) atoms. The fourth-order valence-electron chi connectivity index (χ4n) is 1.57. The summed E-state index contributed by atoms with van der Waals surface area (Å²) in [5, 5.41) is 11.5. The molecule has 1 amide bonds. The van der Waals surface area contributed by atoms with Gasteiger partial charge < -0.3 is 15.2 Å². The second kappa shape index (κ2) is 6.23. The summed E-state index contributed by atoms with van der Waals surface area (Å²) in [5.74, 6) is -0.758. The number of pyridine rings is 1. The first-order chi connectivity index (χ1) is 10.0. The van der Waals surface area contributed by atoms with E-state index >= 15 is 0 Å². The predicted octanol–water partition coefficient (Wildman–Crippen LogP) is 2.59. The van der Waals surface area contributed by atoms with Crippen LogP contribution in [0.25, 0.3) is 0 Å². The van der Waals surface area contributed by atoms with Gasteiger partial charge in [-0.2, -0.15) is 0 Å². The molecule has 0 saturated heterocycles. The van der Waals surface area contributed by atoms with Gasteiger partial charge in [0, 0.05) is 19.3 Å². The molecule has 2 rings (SSSR count). The van der Waals surface area contributed by atoms with Gasteiger partial charge in [-0.25, -0.2) is 4.79 Å². The van der Waals surface area contributed by atoms with Crippen LogP contribution in [0, 0.1) is 0 Å². The number of amides is 1. The second-order valence-electron chi connectivity index (χ2n) is 4.01. The van der Waals surface area contributed by atoms with E-state index in [2.05, 4.69) is 10.3 Å². The maximum absolute atomic E-state index is 11.5. The lowest BCUT2D eigenvalue weighted by molar-refractivity contribution is 0.0696. The van der Waals surface area contributed by atoms with E-state index in [9.17, 15) is 9.59 Å². The Morgan fingerprint density at radius 3 is 2.67 bits per heavy atom. The molecular formula is C14H11ClN2O4. The van der Waals surface area contributed by atoms with Crippen molar-refractivity contribution in [3.05, 3.63) is 52.8 Å². The molecule has 0 aliphatic heterocycles. The van der Waals surface area contributed by atoms with Gasteiger partial charge in [0.15, 0.2) is 0 Å². The predicted molar refractivity (Wildman–Crippen MR) is 76.1 cm³/mol. The Bertz CT molecular complexity index is 703. The average Bonchev–Trinajstić information content (AvgIpc) is 2.48. The summed E-state index contributed by atoms with van der Waals surface area (Å²) >= 11 is 5.97. The van der Waals surface area contributed by atoms with Crippen LogP contribution in [0.1, 0.15) is 20.8 Å². The van der Waals surface area contributed by atoms with Crippen LogP contribution in [-0.4, -0.2) is 29.0 Å². The monoisotopic (exact) mass is 306 g/mol. The molecule has 0 unspecified atom stereocenters. The van der Waals surface area contributed by atoms with Crippen molar-refractivity contribution in [2.24, 2.45) is 0 Å². The Hall–Kier alpha value is -2.60. The van der Waals surface area contributed by atoms with Crippen molar-refractivity contribution in [3.8, 4) is 11.5 Å². The summed E-state index contributed by atoms with van der Waals surface area (Å²) in [5.41, 5.74) is 0.265. The summed E-state index contributed by atoms with van der Waals surface area (Å²) < 4.78 is 5.53. The minimum atomic E-state index is -1.07. The van der Waals surface area contributed by atoms with Gasteiger partial charge >= 0.3 is 5.97 Å². The normalized spacial score (nSPS) is 10.0. The third-order valence-electron chi connectivity index (χ3n) is 2.60. The maximum Gasteiger partial charge on any atom is 0.335 e. The molecule has 7 heteroatoms. The molecule has 0 atom stereocenters. The lowest BCUT2D eigenvalue weighted by atomic mass is 10.2. The molecule has 0 aliphatic carbocycles. The molecule has 0 radical (unpaired) electrons. The van der Waals surface area contributed by atoms with Crippen LogP contribution in [0.4, 0.5) is 0 Å². The Morgan fingerprint density at radius 2 is 2.05 bits per heavy atom. The van der Waals surface area contributed by atoms with Crippen molar-refractivity contribution in [1.29, 1.82) is 0 Å². The van der Waals surface area contributed by atoms with Gasteiger partial charge in [-0.1, -0.05) is 11.6 Å². The number of halogens is 1. The summed E-state index contributed by atoms with van der Waals surface area (Å²) in [7, 11) is 1.50. The number of hydrogen-bond acceptors (Lipinski definition) is 4. The Labute approximate surface area is 125 Å². The number of aromatic carboxylic acids is 1. The van der Waals surface area contributed by atoms with E-state index < -0.39 is 5.97 Å². The molecule has 0 aliphatic rings. The minimum Gasteiger partial charge on any atom is -0.478 e. The largest absolute Gasteiger partial charge is 0.478 e. The smallest absolute Gasteiger partial charge is 0.335 e. The topological polar surface area (TPSA) is 88.5 Å². The fourth-order valence-corrected chi connectivity index (χ4v) is 1.79. The van der Waals surface area contributed by atoms with Crippen molar-refractivity contribution in [2.45, 2.75) is 0 Å². The van der Waals surface area contributed by atoms with E-state index in [0.717, 1.165) is 0 Å². The van der Waals surface area contributed by atoms with Crippen LogP contribution in [-0.2, 0) is 0 Å². The van der Waals surface area contributed by atoms with Crippen LogP contribution >= 0.6 is 11.6 Å². The molecule has 2 aromatic rings. The first-order valence-corrected chi connectivity index (χ1v) is 6.28. The Morgan fingerprint density at radius 1 is 1.29 bits per heavy atom. The van der Waals surface area contributed by atoms with Gasteiger partial charge in [-0.3, -0.25) is 9.78 Å².